The standard InChI is InChI=1S/C10H9Cl2F5O/c1-8(2)4(6(8)7(12)18)3-5(11)9(13,14)10(15,16)17/h3-4,6H,1-2H3/b5-3+. The van der Waals surface area contributed by atoms with Crippen LogP contribution in [0.1, 0.15) is 13.8 Å². The molecule has 0 aromatic rings. The van der Waals surface area contributed by atoms with Crippen LogP contribution in [-0.4, -0.2) is 17.3 Å². The second-order valence-corrected chi connectivity index (χ2v) is 5.50. The average Bonchev–Trinajstić information content (AvgIpc) is 2.65. The first kappa shape index (κ1) is 15.7. The molecule has 1 saturated carbocycles. The molecule has 1 nitrogen and oxygen atoms in total. The highest BCUT2D eigenvalue weighted by Crippen LogP contribution is 2.61. The van der Waals surface area contributed by atoms with E-state index in [1.807, 2.05) is 0 Å². The van der Waals surface area contributed by atoms with Crippen molar-refractivity contribution in [2.24, 2.45) is 17.3 Å². The predicted molar refractivity (Wildman–Crippen MR) is 56.6 cm³/mol. The molecule has 18 heavy (non-hydrogen) atoms. The average molecular weight is 311 g/mol. The molecule has 1 rings (SSSR count). The van der Waals surface area contributed by atoms with Gasteiger partial charge in [-0.3, -0.25) is 4.79 Å². The van der Waals surface area contributed by atoms with E-state index in [4.69, 9.17) is 23.2 Å². The summed E-state index contributed by atoms with van der Waals surface area (Å²) in [5, 5.41) is -2.41. The second-order valence-electron chi connectivity index (χ2n) is 4.72. The molecule has 2 atom stereocenters. The van der Waals surface area contributed by atoms with Crippen LogP contribution in [0.5, 0.6) is 0 Å². The fraction of sp³-hybridized carbons (Fsp3) is 0.700. The first-order chi connectivity index (χ1) is 7.83. The third-order valence-corrected chi connectivity index (χ3v) is 3.74. The summed E-state index contributed by atoms with van der Waals surface area (Å²) in [6, 6.07) is 0. The molecule has 0 aliphatic heterocycles. The highest BCUT2D eigenvalue weighted by atomic mass is 35.5. The fourth-order valence-electron chi connectivity index (χ4n) is 1.82. The number of carbonyl (C=O) groups excluding carboxylic acids is 1. The zero-order valence-electron chi connectivity index (χ0n) is 9.29. The van der Waals surface area contributed by atoms with Crippen molar-refractivity contribution in [3.05, 3.63) is 11.1 Å². The zero-order chi connectivity index (χ0) is 14.5. The van der Waals surface area contributed by atoms with Crippen molar-refractivity contribution in [2.45, 2.75) is 25.9 Å². The second kappa shape index (κ2) is 4.34. The summed E-state index contributed by atoms with van der Waals surface area (Å²) >= 11 is 10.2. The molecule has 8 heteroatoms. The van der Waals surface area contributed by atoms with Gasteiger partial charge in [-0.05, 0) is 22.9 Å². The molecule has 0 heterocycles. The van der Waals surface area contributed by atoms with Crippen molar-refractivity contribution in [3.63, 3.8) is 0 Å². The maximum atomic E-state index is 12.8. The third-order valence-electron chi connectivity index (χ3n) is 3.14. The third kappa shape index (κ3) is 2.50. The molecular weight excluding hydrogens is 302 g/mol. The van der Waals surface area contributed by atoms with Crippen LogP contribution < -0.4 is 0 Å². The van der Waals surface area contributed by atoms with Crippen molar-refractivity contribution < 1.29 is 26.7 Å². The molecule has 0 amide bonds. The quantitative estimate of drug-likeness (QED) is 0.559. The van der Waals surface area contributed by atoms with Gasteiger partial charge in [-0.1, -0.05) is 31.5 Å². The molecule has 104 valence electrons. The van der Waals surface area contributed by atoms with Gasteiger partial charge in [-0.15, -0.1) is 0 Å². The van der Waals surface area contributed by atoms with Gasteiger partial charge in [0.15, 0.2) is 0 Å². The molecular formula is C10H9Cl2F5O. The number of rotatable bonds is 3. The minimum Gasteiger partial charge on any atom is -0.281 e. The van der Waals surface area contributed by atoms with Crippen molar-refractivity contribution in [3.8, 4) is 0 Å². The van der Waals surface area contributed by atoms with Crippen LogP contribution in [0.2, 0.25) is 0 Å². The highest BCUT2D eigenvalue weighted by Gasteiger charge is 2.64. The lowest BCUT2D eigenvalue weighted by molar-refractivity contribution is -0.261. The maximum absolute atomic E-state index is 12.8. The Morgan fingerprint density at radius 3 is 1.89 bits per heavy atom. The topological polar surface area (TPSA) is 17.1 Å². The largest absolute Gasteiger partial charge is 0.459 e. The Balaban J connectivity index is 2.97. The van der Waals surface area contributed by atoms with E-state index in [0.717, 1.165) is 0 Å². The first-order valence-corrected chi connectivity index (χ1v) is 5.60. The number of carbonyl (C=O) groups is 1. The Bertz CT molecular complexity index is 400. The Labute approximate surface area is 110 Å². The minimum absolute atomic E-state index is 0.569. The van der Waals surface area contributed by atoms with Crippen LogP contribution >= 0.6 is 23.2 Å². The van der Waals surface area contributed by atoms with E-state index in [-0.39, 0.29) is 0 Å². The molecule has 0 aromatic carbocycles. The maximum Gasteiger partial charge on any atom is 0.459 e. The highest BCUT2D eigenvalue weighted by molar-refractivity contribution is 6.64. The summed E-state index contributed by atoms with van der Waals surface area (Å²) in [4.78, 5) is 10.9. The van der Waals surface area contributed by atoms with Crippen LogP contribution in [-0.2, 0) is 4.79 Å². The molecule has 2 unspecified atom stereocenters. The van der Waals surface area contributed by atoms with Crippen LogP contribution in [0.15, 0.2) is 11.1 Å². The van der Waals surface area contributed by atoms with Crippen molar-refractivity contribution in [1.29, 1.82) is 0 Å². The molecule has 1 aliphatic carbocycles. The predicted octanol–water partition coefficient (Wildman–Crippen LogP) is 4.34. The molecule has 0 aromatic heterocycles. The Hall–Kier alpha value is -0.360. The smallest absolute Gasteiger partial charge is 0.281 e. The number of hydrogen-bond donors (Lipinski definition) is 0. The molecule has 1 fully saturated rings. The summed E-state index contributed by atoms with van der Waals surface area (Å²) in [6.45, 7) is 3.07. The number of alkyl halides is 5. The Kier molecular flexibility index (Phi) is 3.78. The Morgan fingerprint density at radius 2 is 1.61 bits per heavy atom. The van der Waals surface area contributed by atoms with E-state index in [9.17, 15) is 26.7 Å². The van der Waals surface area contributed by atoms with E-state index >= 15 is 0 Å². The summed E-state index contributed by atoms with van der Waals surface area (Å²) in [5.41, 5.74) is -0.763. The van der Waals surface area contributed by atoms with E-state index in [2.05, 4.69) is 0 Å². The van der Waals surface area contributed by atoms with Gasteiger partial charge in [0, 0.05) is 5.92 Å². The molecule has 0 N–H and O–H groups in total. The molecule has 0 bridgehead atoms. The summed E-state index contributed by atoms with van der Waals surface area (Å²) in [6.07, 6.45) is -5.19. The lowest BCUT2D eigenvalue weighted by Gasteiger charge is -2.18. The van der Waals surface area contributed by atoms with E-state index in [1.165, 1.54) is 13.8 Å². The van der Waals surface area contributed by atoms with Gasteiger partial charge in [0.25, 0.3) is 0 Å². The van der Waals surface area contributed by atoms with Gasteiger partial charge in [0.2, 0.25) is 5.24 Å². The van der Waals surface area contributed by atoms with Crippen LogP contribution in [0.4, 0.5) is 22.0 Å². The van der Waals surface area contributed by atoms with Crippen LogP contribution in [0.3, 0.4) is 0 Å². The van der Waals surface area contributed by atoms with Crippen molar-refractivity contribution in [1.82, 2.24) is 0 Å². The van der Waals surface area contributed by atoms with Crippen LogP contribution in [0, 0.1) is 17.3 Å². The first-order valence-electron chi connectivity index (χ1n) is 4.85. The van der Waals surface area contributed by atoms with Gasteiger partial charge < -0.3 is 0 Å². The fourth-order valence-corrected chi connectivity index (χ4v) is 2.48. The minimum atomic E-state index is -5.76. The van der Waals surface area contributed by atoms with E-state index in [0.29, 0.717) is 6.08 Å². The lowest BCUT2D eigenvalue weighted by Crippen LogP contribution is -2.36. The van der Waals surface area contributed by atoms with E-state index in [1.54, 1.807) is 0 Å². The Morgan fingerprint density at radius 1 is 1.17 bits per heavy atom. The molecule has 0 saturated heterocycles. The van der Waals surface area contributed by atoms with Gasteiger partial charge in [0.05, 0.1) is 5.03 Å². The summed E-state index contributed by atoms with van der Waals surface area (Å²) in [7, 11) is 0. The lowest BCUT2D eigenvalue weighted by atomic mass is 10.1. The summed E-state index contributed by atoms with van der Waals surface area (Å²) in [5.74, 6) is -6.73. The number of allylic oxidation sites excluding steroid dienone is 2. The normalized spacial score (nSPS) is 28.2. The van der Waals surface area contributed by atoms with E-state index < -0.39 is 39.6 Å². The number of hydrogen-bond acceptors (Lipinski definition) is 1. The van der Waals surface area contributed by atoms with Gasteiger partial charge in [-0.25, -0.2) is 0 Å². The summed E-state index contributed by atoms with van der Waals surface area (Å²) < 4.78 is 61.8. The molecule has 1 aliphatic rings. The van der Waals surface area contributed by atoms with Gasteiger partial charge in [-0.2, -0.15) is 22.0 Å². The van der Waals surface area contributed by atoms with Crippen molar-refractivity contribution in [2.75, 3.05) is 0 Å². The van der Waals surface area contributed by atoms with Crippen molar-refractivity contribution >= 4 is 28.4 Å². The van der Waals surface area contributed by atoms with Gasteiger partial charge in [0.1, 0.15) is 0 Å². The van der Waals surface area contributed by atoms with Gasteiger partial charge >= 0.3 is 12.1 Å². The zero-order valence-corrected chi connectivity index (χ0v) is 10.8. The molecule has 0 spiro atoms. The van der Waals surface area contributed by atoms with Crippen LogP contribution in [0.25, 0.3) is 0 Å². The monoisotopic (exact) mass is 310 g/mol. The molecule has 0 radical (unpaired) electrons. The number of halogens is 7. The SMILES string of the molecule is CC1(C)C(/C=C(/Cl)C(F)(F)C(F)(F)F)C1C(=O)Cl.